The molecule has 146 valence electrons. The largest absolute Gasteiger partial charge is 0.466 e. The fourth-order valence-corrected chi connectivity index (χ4v) is 2.68. The molecule has 1 aromatic heterocycles. The average molecular weight is 478 g/mol. The second-order valence-electron chi connectivity index (χ2n) is 5.64. The zero-order valence-corrected chi connectivity index (χ0v) is 17.6. The third-order valence-electron chi connectivity index (χ3n) is 3.96. The molecular formula is C17H27IN4O4. The molecule has 26 heavy (non-hydrogen) atoms. The smallest absolute Gasteiger partial charge is 0.305 e. The predicted molar refractivity (Wildman–Crippen MR) is 109 cm³/mol. The number of piperazine rings is 1. The van der Waals surface area contributed by atoms with E-state index in [0.29, 0.717) is 57.9 Å². The molecule has 0 aliphatic carbocycles. The number of aliphatic imine (C=N–C) groups is 1. The monoisotopic (exact) mass is 478 g/mol. The summed E-state index contributed by atoms with van der Waals surface area (Å²) in [6.07, 6.45) is 2.59. The van der Waals surface area contributed by atoms with Gasteiger partial charge in [-0.3, -0.25) is 14.6 Å². The van der Waals surface area contributed by atoms with Gasteiger partial charge in [0.1, 0.15) is 0 Å². The summed E-state index contributed by atoms with van der Waals surface area (Å²) in [7, 11) is 1.73. The maximum absolute atomic E-state index is 12.3. The van der Waals surface area contributed by atoms with Gasteiger partial charge in [-0.25, -0.2) is 0 Å². The van der Waals surface area contributed by atoms with Crippen LogP contribution in [0.5, 0.6) is 0 Å². The van der Waals surface area contributed by atoms with E-state index in [2.05, 4.69) is 15.2 Å². The zero-order chi connectivity index (χ0) is 18.1. The maximum atomic E-state index is 12.3. The molecule has 0 radical (unpaired) electrons. The van der Waals surface area contributed by atoms with E-state index in [4.69, 9.17) is 9.15 Å². The Morgan fingerprint density at radius 3 is 2.54 bits per heavy atom. The van der Waals surface area contributed by atoms with Gasteiger partial charge in [0.15, 0.2) is 11.7 Å². The molecule has 1 N–H and O–H groups in total. The van der Waals surface area contributed by atoms with Crippen molar-refractivity contribution in [3.63, 3.8) is 0 Å². The van der Waals surface area contributed by atoms with Crippen molar-refractivity contribution in [2.75, 3.05) is 46.4 Å². The molecule has 1 fully saturated rings. The van der Waals surface area contributed by atoms with E-state index in [1.54, 1.807) is 31.0 Å². The lowest BCUT2D eigenvalue weighted by Crippen LogP contribution is -2.53. The van der Waals surface area contributed by atoms with Gasteiger partial charge in [-0.05, 0) is 25.5 Å². The van der Waals surface area contributed by atoms with E-state index in [0.717, 1.165) is 5.96 Å². The number of esters is 1. The van der Waals surface area contributed by atoms with Gasteiger partial charge in [-0.15, -0.1) is 24.0 Å². The Bertz CT molecular complexity index is 584. The summed E-state index contributed by atoms with van der Waals surface area (Å²) in [6.45, 7) is 5.49. The molecule has 0 unspecified atom stereocenters. The van der Waals surface area contributed by atoms with Gasteiger partial charge >= 0.3 is 5.97 Å². The van der Waals surface area contributed by atoms with Crippen molar-refractivity contribution >= 4 is 41.8 Å². The summed E-state index contributed by atoms with van der Waals surface area (Å²) in [5.74, 6) is 0.898. The number of amides is 1. The van der Waals surface area contributed by atoms with Gasteiger partial charge in [0.05, 0.1) is 12.9 Å². The van der Waals surface area contributed by atoms with Gasteiger partial charge in [-0.1, -0.05) is 0 Å². The van der Waals surface area contributed by atoms with Crippen molar-refractivity contribution < 1.29 is 18.7 Å². The van der Waals surface area contributed by atoms with Gasteiger partial charge < -0.3 is 24.3 Å². The fraction of sp³-hybridized carbons (Fsp3) is 0.588. The average Bonchev–Trinajstić information content (AvgIpc) is 3.16. The van der Waals surface area contributed by atoms with Crippen molar-refractivity contribution in [2.24, 2.45) is 4.99 Å². The Morgan fingerprint density at radius 2 is 1.96 bits per heavy atom. The van der Waals surface area contributed by atoms with Crippen LogP contribution in [0, 0.1) is 0 Å². The molecule has 1 aromatic rings. The first-order valence-electron chi connectivity index (χ1n) is 8.59. The lowest BCUT2D eigenvalue weighted by molar-refractivity contribution is -0.143. The summed E-state index contributed by atoms with van der Waals surface area (Å²) in [5, 5.41) is 3.25. The first kappa shape index (κ1) is 22.3. The Labute approximate surface area is 171 Å². The van der Waals surface area contributed by atoms with E-state index in [-0.39, 0.29) is 35.9 Å². The van der Waals surface area contributed by atoms with Crippen molar-refractivity contribution in [1.82, 2.24) is 15.1 Å². The molecule has 1 saturated heterocycles. The number of rotatable bonds is 6. The molecule has 1 aliphatic rings. The van der Waals surface area contributed by atoms with Crippen LogP contribution >= 0.6 is 24.0 Å². The molecule has 1 amide bonds. The Balaban J connectivity index is 0.00000338. The number of ether oxygens (including phenoxy) is 1. The van der Waals surface area contributed by atoms with E-state index >= 15 is 0 Å². The highest BCUT2D eigenvalue weighted by molar-refractivity contribution is 14.0. The second kappa shape index (κ2) is 11.8. The van der Waals surface area contributed by atoms with Crippen LogP contribution in [0.3, 0.4) is 0 Å². The van der Waals surface area contributed by atoms with Crippen molar-refractivity contribution in [2.45, 2.75) is 19.8 Å². The standard InChI is InChI=1S/C17H26N4O4.HI/c1-3-24-15(22)7-4-8-19-17(18-2)21-11-9-20(10-12-21)16(23)14-6-5-13-25-14;/h5-6,13H,3-4,7-12H2,1-2H3,(H,18,19);1H. The molecular weight excluding hydrogens is 451 g/mol. The number of hydrogen-bond donors (Lipinski definition) is 1. The number of nitrogens with zero attached hydrogens (tertiary/aromatic N) is 3. The molecule has 0 atom stereocenters. The van der Waals surface area contributed by atoms with Crippen LogP contribution in [0.1, 0.15) is 30.3 Å². The predicted octanol–water partition coefficient (Wildman–Crippen LogP) is 1.57. The van der Waals surface area contributed by atoms with Gasteiger partial charge in [0.2, 0.25) is 0 Å². The second-order valence-corrected chi connectivity index (χ2v) is 5.64. The number of carbonyl (C=O) groups is 2. The normalized spacial score (nSPS) is 14.6. The van der Waals surface area contributed by atoms with E-state index in [1.807, 2.05) is 0 Å². The van der Waals surface area contributed by atoms with E-state index in [9.17, 15) is 9.59 Å². The van der Waals surface area contributed by atoms with Gasteiger partial charge in [0, 0.05) is 46.2 Å². The van der Waals surface area contributed by atoms with Crippen molar-refractivity contribution in [3.8, 4) is 0 Å². The van der Waals surface area contributed by atoms with Crippen LogP contribution in [0.25, 0.3) is 0 Å². The Hall–Kier alpha value is -1.78. The lowest BCUT2D eigenvalue weighted by Gasteiger charge is -2.36. The highest BCUT2D eigenvalue weighted by Gasteiger charge is 2.25. The number of carbonyl (C=O) groups excluding carboxylic acids is 2. The molecule has 0 saturated carbocycles. The lowest BCUT2D eigenvalue weighted by atomic mass is 10.3. The number of furan rings is 1. The van der Waals surface area contributed by atoms with Crippen LogP contribution in [-0.2, 0) is 9.53 Å². The third kappa shape index (κ3) is 6.50. The van der Waals surface area contributed by atoms with Gasteiger partial charge in [-0.2, -0.15) is 0 Å². The summed E-state index contributed by atoms with van der Waals surface area (Å²) < 4.78 is 10.1. The molecule has 0 aromatic carbocycles. The van der Waals surface area contributed by atoms with E-state index in [1.165, 1.54) is 6.26 Å². The zero-order valence-electron chi connectivity index (χ0n) is 15.3. The van der Waals surface area contributed by atoms with Crippen molar-refractivity contribution in [3.05, 3.63) is 24.2 Å². The van der Waals surface area contributed by atoms with Crippen LogP contribution in [0.2, 0.25) is 0 Å². The van der Waals surface area contributed by atoms with Crippen LogP contribution < -0.4 is 5.32 Å². The van der Waals surface area contributed by atoms with Gasteiger partial charge in [0.25, 0.3) is 5.91 Å². The summed E-state index contributed by atoms with van der Waals surface area (Å²) in [5.41, 5.74) is 0. The van der Waals surface area contributed by atoms with Crippen LogP contribution in [0.4, 0.5) is 0 Å². The first-order valence-corrected chi connectivity index (χ1v) is 8.59. The molecule has 0 spiro atoms. The van der Waals surface area contributed by atoms with Crippen LogP contribution in [0.15, 0.2) is 27.8 Å². The molecule has 8 nitrogen and oxygen atoms in total. The minimum Gasteiger partial charge on any atom is -0.466 e. The van der Waals surface area contributed by atoms with Crippen LogP contribution in [-0.4, -0.2) is 74.0 Å². The molecule has 0 bridgehead atoms. The highest BCUT2D eigenvalue weighted by Crippen LogP contribution is 2.09. The van der Waals surface area contributed by atoms with E-state index < -0.39 is 0 Å². The Kier molecular flexibility index (Phi) is 10.1. The number of hydrogen-bond acceptors (Lipinski definition) is 5. The molecule has 2 heterocycles. The minimum absolute atomic E-state index is 0. The first-order chi connectivity index (χ1) is 12.2. The number of halogens is 1. The molecule has 9 heteroatoms. The number of nitrogens with one attached hydrogen (secondary N) is 1. The highest BCUT2D eigenvalue weighted by atomic mass is 127. The summed E-state index contributed by atoms with van der Waals surface area (Å²) >= 11 is 0. The molecule has 2 rings (SSSR count). The third-order valence-corrected chi connectivity index (χ3v) is 3.96. The number of guanidine groups is 1. The summed E-state index contributed by atoms with van der Waals surface area (Å²) in [4.78, 5) is 31.7. The molecule has 1 aliphatic heterocycles. The topological polar surface area (TPSA) is 87.4 Å². The minimum atomic E-state index is -0.177. The van der Waals surface area contributed by atoms with Crippen molar-refractivity contribution in [1.29, 1.82) is 0 Å². The SMILES string of the molecule is CCOC(=O)CCCNC(=NC)N1CCN(C(=O)c2ccco2)CC1.I. The maximum Gasteiger partial charge on any atom is 0.305 e. The Morgan fingerprint density at radius 1 is 1.27 bits per heavy atom. The fourth-order valence-electron chi connectivity index (χ4n) is 2.68. The quantitative estimate of drug-likeness (QED) is 0.220. The summed E-state index contributed by atoms with van der Waals surface area (Å²) in [6, 6.07) is 3.39.